The van der Waals surface area contributed by atoms with E-state index in [4.69, 9.17) is 0 Å². The molecule has 0 aliphatic rings. The second-order valence-electron chi connectivity index (χ2n) is 5.41. The second kappa shape index (κ2) is 6.90. The van der Waals surface area contributed by atoms with E-state index in [2.05, 4.69) is 78.9 Å². The highest BCUT2D eigenvalue weighted by molar-refractivity contribution is 5.27. The molecule has 0 aliphatic carbocycles. The molecule has 0 aromatic heterocycles. The van der Waals surface area contributed by atoms with Gasteiger partial charge in [0.15, 0.2) is 0 Å². The van der Waals surface area contributed by atoms with E-state index in [1.165, 1.54) is 16.7 Å². The fourth-order valence-corrected chi connectivity index (χ4v) is 2.78. The van der Waals surface area contributed by atoms with Gasteiger partial charge < -0.3 is 0 Å². The third-order valence-electron chi connectivity index (χ3n) is 3.87. The summed E-state index contributed by atoms with van der Waals surface area (Å²) in [5.41, 5.74) is 4.18. The van der Waals surface area contributed by atoms with Crippen LogP contribution in [0.3, 0.4) is 0 Å². The van der Waals surface area contributed by atoms with Crippen molar-refractivity contribution >= 4 is 0 Å². The Bertz CT molecular complexity index is 600. The molecule has 0 bridgehead atoms. The van der Waals surface area contributed by atoms with Gasteiger partial charge in [-0.1, -0.05) is 84.9 Å². The number of benzene rings is 3. The van der Waals surface area contributed by atoms with E-state index in [-0.39, 0.29) is 0 Å². The number of hydrogen-bond donors (Lipinski definition) is 0. The van der Waals surface area contributed by atoms with E-state index in [9.17, 15) is 0 Å². The molecule has 0 saturated heterocycles. The first-order valence-electron chi connectivity index (χ1n) is 7.46. The van der Waals surface area contributed by atoms with Crippen LogP contribution in [0.2, 0.25) is 0 Å². The first kappa shape index (κ1) is 13.6. The minimum atomic E-state index is 0.504. The van der Waals surface area contributed by atoms with Crippen LogP contribution in [-0.4, -0.2) is 0 Å². The molecule has 0 saturated carbocycles. The van der Waals surface area contributed by atoms with Gasteiger partial charge in [-0.25, -0.2) is 0 Å². The Hall–Kier alpha value is -2.34. The molecule has 0 heterocycles. The van der Waals surface area contributed by atoms with Crippen LogP contribution in [0.5, 0.6) is 0 Å². The topological polar surface area (TPSA) is 0 Å². The van der Waals surface area contributed by atoms with Gasteiger partial charge in [0.1, 0.15) is 0 Å². The maximum Gasteiger partial charge on any atom is -0.00810 e. The van der Waals surface area contributed by atoms with Crippen LogP contribution in [0.1, 0.15) is 22.6 Å². The Morgan fingerprint density at radius 2 is 1.10 bits per heavy atom. The fourth-order valence-electron chi connectivity index (χ4n) is 2.78. The van der Waals surface area contributed by atoms with E-state index in [0.29, 0.717) is 5.92 Å². The summed E-state index contributed by atoms with van der Waals surface area (Å²) in [6.45, 7) is 0. The molecule has 21 heavy (non-hydrogen) atoms. The SMILES string of the molecule is [c]1ccc(C(Cc2ccccc2)Cc2ccccc2)cc1. The van der Waals surface area contributed by atoms with Gasteiger partial charge in [-0.2, -0.15) is 0 Å². The highest BCUT2D eigenvalue weighted by Crippen LogP contribution is 2.25. The maximum absolute atomic E-state index is 3.12. The van der Waals surface area contributed by atoms with Gasteiger partial charge in [-0.15, -0.1) is 0 Å². The molecule has 0 atom stereocenters. The van der Waals surface area contributed by atoms with Gasteiger partial charge in [-0.3, -0.25) is 0 Å². The van der Waals surface area contributed by atoms with Crippen LogP contribution in [0.25, 0.3) is 0 Å². The molecule has 0 heteroatoms. The Labute approximate surface area is 127 Å². The standard InChI is InChI=1S/C21H19/c1-4-10-18(11-5-1)16-21(20-14-8-3-9-15-20)17-19-12-6-2-7-13-19/h1-2,4-15,21H,16-17H2. The molecule has 0 amide bonds. The van der Waals surface area contributed by atoms with Crippen molar-refractivity contribution in [3.63, 3.8) is 0 Å². The highest BCUT2D eigenvalue weighted by Gasteiger charge is 2.13. The lowest BCUT2D eigenvalue weighted by Crippen LogP contribution is -2.06. The minimum absolute atomic E-state index is 0.504. The van der Waals surface area contributed by atoms with Gasteiger partial charge in [0, 0.05) is 0 Å². The van der Waals surface area contributed by atoms with Crippen LogP contribution in [0.15, 0.2) is 84.9 Å². The summed E-state index contributed by atoms with van der Waals surface area (Å²) in [7, 11) is 0. The predicted molar refractivity (Wildman–Crippen MR) is 88.3 cm³/mol. The largest absolute Gasteiger partial charge is 0.0622 e. The predicted octanol–water partition coefficient (Wildman–Crippen LogP) is 5.06. The lowest BCUT2D eigenvalue weighted by molar-refractivity contribution is 0.680. The van der Waals surface area contributed by atoms with Crippen molar-refractivity contribution in [1.29, 1.82) is 0 Å². The summed E-state index contributed by atoms with van der Waals surface area (Å²) in [5.74, 6) is 0.504. The third-order valence-corrected chi connectivity index (χ3v) is 3.87. The van der Waals surface area contributed by atoms with Crippen molar-refractivity contribution < 1.29 is 0 Å². The normalized spacial score (nSPS) is 10.7. The van der Waals surface area contributed by atoms with Gasteiger partial charge in [0.2, 0.25) is 0 Å². The van der Waals surface area contributed by atoms with Crippen LogP contribution in [-0.2, 0) is 12.8 Å². The lowest BCUT2D eigenvalue weighted by Gasteiger charge is -2.18. The van der Waals surface area contributed by atoms with E-state index >= 15 is 0 Å². The van der Waals surface area contributed by atoms with Gasteiger partial charge in [0.25, 0.3) is 0 Å². The first-order valence-corrected chi connectivity index (χ1v) is 7.46. The van der Waals surface area contributed by atoms with Crippen molar-refractivity contribution in [1.82, 2.24) is 0 Å². The summed E-state index contributed by atoms with van der Waals surface area (Å²) >= 11 is 0. The third kappa shape index (κ3) is 3.82. The Balaban J connectivity index is 1.84. The zero-order valence-electron chi connectivity index (χ0n) is 12.1. The van der Waals surface area contributed by atoms with Crippen molar-refractivity contribution in [3.8, 4) is 0 Å². The quantitative estimate of drug-likeness (QED) is 0.608. The van der Waals surface area contributed by atoms with E-state index < -0.39 is 0 Å². The Morgan fingerprint density at radius 3 is 1.57 bits per heavy atom. The van der Waals surface area contributed by atoms with Crippen LogP contribution >= 0.6 is 0 Å². The monoisotopic (exact) mass is 271 g/mol. The second-order valence-corrected chi connectivity index (χ2v) is 5.41. The molecule has 0 N–H and O–H groups in total. The van der Waals surface area contributed by atoms with Crippen molar-refractivity contribution in [2.24, 2.45) is 0 Å². The van der Waals surface area contributed by atoms with Crippen LogP contribution < -0.4 is 0 Å². The van der Waals surface area contributed by atoms with Gasteiger partial charge in [0.05, 0.1) is 0 Å². The zero-order chi connectivity index (χ0) is 14.3. The number of rotatable bonds is 5. The molecule has 0 fully saturated rings. The molecule has 0 aliphatic heterocycles. The summed E-state index contributed by atoms with van der Waals surface area (Å²) in [5, 5.41) is 0. The molecular formula is C21H19. The molecule has 0 nitrogen and oxygen atoms in total. The summed E-state index contributed by atoms with van der Waals surface area (Å²) in [4.78, 5) is 0. The molecule has 3 aromatic rings. The van der Waals surface area contributed by atoms with Crippen LogP contribution in [0.4, 0.5) is 0 Å². The minimum Gasteiger partial charge on any atom is -0.0622 e. The van der Waals surface area contributed by atoms with Crippen LogP contribution in [0, 0.1) is 6.07 Å². The molecule has 0 spiro atoms. The van der Waals surface area contributed by atoms with Gasteiger partial charge in [-0.05, 0) is 41.5 Å². The van der Waals surface area contributed by atoms with E-state index in [1.807, 2.05) is 12.1 Å². The van der Waals surface area contributed by atoms with E-state index in [0.717, 1.165) is 12.8 Å². The summed E-state index contributed by atoms with van der Waals surface area (Å²) < 4.78 is 0. The Morgan fingerprint density at radius 1 is 0.619 bits per heavy atom. The number of hydrogen-bond acceptors (Lipinski definition) is 0. The molecule has 1 radical (unpaired) electrons. The zero-order valence-corrected chi connectivity index (χ0v) is 12.1. The molecule has 103 valence electrons. The van der Waals surface area contributed by atoms with Crippen molar-refractivity contribution in [2.45, 2.75) is 18.8 Å². The van der Waals surface area contributed by atoms with E-state index in [1.54, 1.807) is 0 Å². The smallest absolute Gasteiger partial charge is 0.00810 e. The average Bonchev–Trinajstić information content (AvgIpc) is 2.57. The first-order chi connectivity index (χ1) is 10.4. The highest BCUT2D eigenvalue weighted by atomic mass is 14.2. The Kier molecular flexibility index (Phi) is 4.48. The maximum atomic E-state index is 3.12. The molecular weight excluding hydrogens is 252 g/mol. The average molecular weight is 271 g/mol. The summed E-state index contributed by atoms with van der Waals surface area (Å²) in [6, 6.07) is 33.0. The molecule has 0 unspecified atom stereocenters. The fraction of sp³-hybridized carbons (Fsp3) is 0.143. The summed E-state index contributed by atoms with van der Waals surface area (Å²) in [6.07, 6.45) is 2.14. The molecule has 3 rings (SSSR count). The van der Waals surface area contributed by atoms with Crippen molar-refractivity contribution in [2.75, 3.05) is 0 Å². The molecule has 3 aromatic carbocycles. The van der Waals surface area contributed by atoms with Gasteiger partial charge >= 0.3 is 0 Å². The lowest BCUT2D eigenvalue weighted by atomic mass is 9.87. The van der Waals surface area contributed by atoms with Crippen molar-refractivity contribution in [3.05, 3.63) is 108 Å².